The molecule has 0 aromatic heterocycles. The van der Waals surface area contributed by atoms with Gasteiger partial charge in [0.05, 0.1) is 36.5 Å². The normalized spacial score (nSPS) is 15.1. The summed E-state index contributed by atoms with van der Waals surface area (Å²) in [7, 11) is -3.70. The van der Waals surface area contributed by atoms with E-state index in [2.05, 4.69) is 5.32 Å². The van der Waals surface area contributed by atoms with E-state index in [1.807, 2.05) is 44.2 Å². The Morgan fingerprint density at radius 1 is 1.13 bits per heavy atom. The predicted molar refractivity (Wildman–Crippen MR) is 117 cm³/mol. The highest BCUT2D eigenvalue weighted by molar-refractivity contribution is 7.89. The van der Waals surface area contributed by atoms with Gasteiger partial charge in [0.25, 0.3) is 0 Å². The summed E-state index contributed by atoms with van der Waals surface area (Å²) in [6.45, 7) is 5.14. The molecule has 1 N–H and O–H groups in total. The maximum atomic E-state index is 13.0. The van der Waals surface area contributed by atoms with Crippen LogP contribution in [0.5, 0.6) is 5.75 Å². The number of nitrogens with zero attached hydrogens (tertiary/aromatic N) is 1. The molecule has 9 heteroatoms. The van der Waals surface area contributed by atoms with Crippen molar-refractivity contribution in [2.45, 2.75) is 31.5 Å². The van der Waals surface area contributed by atoms with Crippen molar-refractivity contribution in [3.8, 4) is 5.75 Å². The molecule has 0 aliphatic carbocycles. The third-order valence-corrected chi connectivity index (χ3v) is 6.43. The minimum absolute atomic E-state index is 0.0889. The van der Waals surface area contributed by atoms with Crippen LogP contribution in [-0.4, -0.2) is 57.6 Å². The molecule has 1 amide bonds. The van der Waals surface area contributed by atoms with Gasteiger partial charge in [-0.1, -0.05) is 30.3 Å². The lowest BCUT2D eigenvalue weighted by atomic mass is 10.2. The molecule has 2 aromatic carbocycles. The van der Waals surface area contributed by atoms with Crippen molar-refractivity contribution < 1.29 is 27.4 Å². The summed E-state index contributed by atoms with van der Waals surface area (Å²) in [5.74, 6) is -0.00204. The van der Waals surface area contributed by atoms with Crippen molar-refractivity contribution in [1.29, 1.82) is 0 Å². The Morgan fingerprint density at radius 2 is 1.84 bits per heavy atom. The third-order valence-electron chi connectivity index (χ3n) is 4.54. The number of benzene rings is 2. The van der Waals surface area contributed by atoms with E-state index < -0.39 is 15.9 Å². The van der Waals surface area contributed by atoms with Gasteiger partial charge in [-0.25, -0.2) is 8.42 Å². The van der Waals surface area contributed by atoms with Crippen LogP contribution in [0.25, 0.3) is 0 Å². The average molecular weight is 449 g/mol. The van der Waals surface area contributed by atoms with E-state index in [1.54, 1.807) is 6.07 Å². The number of nitrogens with one attached hydrogen (secondary N) is 1. The maximum Gasteiger partial charge on any atom is 0.250 e. The van der Waals surface area contributed by atoms with Crippen LogP contribution in [0.15, 0.2) is 53.4 Å². The zero-order valence-corrected chi connectivity index (χ0v) is 18.6. The lowest BCUT2D eigenvalue weighted by molar-refractivity contribution is -0.121. The largest absolute Gasteiger partial charge is 0.489 e. The van der Waals surface area contributed by atoms with Crippen LogP contribution < -0.4 is 10.1 Å². The smallest absolute Gasteiger partial charge is 0.250 e. The standard InChI is InChI=1S/C22H28N2O6S/c1-17(2)30-21-9-8-19(31(26,27)24-10-12-28-13-11-24)14-20(21)23-22(25)16-29-15-18-6-4-3-5-7-18/h3-9,14,17H,10-13,15-16H2,1-2H3,(H,23,25). The monoisotopic (exact) mass is 448 g/mol. The molecule has 0 bridgehead atoms. The number of sulfonamides is 1. The van der Waals surface area contributed by atoms with E-state index in [-0.39, 0.29) is 23.3 Å². The van der Waals surface area contributed by atoms with Gasteiger partial charge in [-0.2, -0.15) is 4.31 Å². The van der Waals surface area contributed by atoms with E-state index >= 15 is 0 Å². The molecule has 0 saturated carbocycles. The molecule has 2 aromatic rings. The first-order valence-electron chi connectivity index (χ1n) is 10.2. The van der Waals surface area contributed by atoms with Gasteiger partial charge < -0.3 is 19.5 Å². The number of anilines is 1. The Kier molecular flexibility index (Phi) is 8.03. The Bertz CT molecular complexity index is 973. The molecular weight excluding hydrogens is 420 g/mol. The number of rotatable bonds is 9. The molecule has 31 heavy (non-hydrogen) atoms. The molecule has 0 radical (unpaired) electrons. The zero-order chi connectivity index (χ0) is 22.3. The highest BCUT2D eigenvalue weighted by Crippen LogP contribution is 2.30. The van der Waals surface area contributed by atoms with Crippen molar-refractivity contribution in [3.63, 3.8) is 0 Å². The van der Waals surface area contributed by atoms with Crippen molar-refractivity contribution in [1.82, 2.24) is 4.31 Å². The zero-order valence-electron chi connectivity index (χ0n) is 17.7. The van der Waals surface area contributed by atoms with E-state index in [4.69, 9.17) is 14.2 Å². The minimum Gasteiger partial charge on any atom is -0.489 e. The summed E-state index contributed by atoms with van der Waals surface area (Å²) in [5.41, 5.74) is 1.24. The number of carbonyl (C=O) groups excluding carboxylic acids is 1. The lowest BCUT2D eigenvalue weighted by Gasteiger charge is -2.26. The van der Waals surface area contributed by atoms with E-state index in [9.17, 15) is 13.2 Å². The molecule has 0 unspecified atom stereocenters. The van der Waals surface area contributed by atoms with Crippen molar-refractivity contribution >= 4 is 21.6 Å². The van der Waals surface area contributed by atoms with Crippen LogP contribution >= 0.6 is 0 Å². The fourth-order valence-corrected chi connectivity index (χ4v) is 4.52. The SMILES string of the molecule is CC(C)Oc1ccc(S(=O)(=O)N2CCOCC2)cc1NC(=O)COCc1ccccc1. The Morgan fingerprint density at radius 3 is 2.52 bits per heavy atom. The molecule has 1 aliphatic rings. The topological polar surface area (TPSA) is 94.2 Å². The molecule has 1 saturated heterocycles. The number of morpholine rings is 1. The van der Waals surface area contributed by atoms with Gasteiger partial charge in [0.2, 0.25) is 15.9 Å². The van der Waals surface area contributed by atoms with Gasteiger partial charge in [0.15, 0.2) is 0 Å². The summed E-state index contributed by atoms with van der Waals surface area (Å²) in [6.07, 6.45) is -0.147. The Balaban J connectivity index is 1.73. The van der Waals surface area contributed by atoms with Crippen molar-refractivity contribution in [2.75, 3.05) is 38.2 Å². The van der Waals surface area contributed by atoms with E-state index in [0.29, 0.717) is 38.7 Å². The van der Waals surface area contributed by atoms with E-state index in [1.165, 1.54) is 16.4 Å². The van der Waals surface area contributed by atoms with Crippen LogP contribution in [0.2, 0.25) is 0 Å². The highest BCUT2D eigenvalue weighted by Gasteiger charge is 2.27. The molecule has 0 atom stereocenters. The van der Waals surface area contributed by atoms with Gasteiger partial charge >= 0.3 is 0 Å². The van der Waals surface area contributed by atoms with Gasteiger partial charge in [0.1, 0.15) is 12.4 Å². The van der Waals surface area contributed by atoms with Gasteiger partial charge in [0, 0.05) is 13.1 Å². The maximum absolute atomic E-state index is 13.0. The number of hydrogen-bond acceptors (Lipinski definition) is 6. The minimum atomic E-state index is -3.70. The molecular formula is C22H28N2O6S. The fourth-order valence-electron chi connectivity index (χ4n) is 3.08. The first kappa shape index (κ1) is 23.2. The average Bonchev–Trinajstić information content (AvgIpc) is 2.76. The molecule has 8 nitrogen and oxygen atoms in total. The number of hydrogen-bond donors (Lipinski definition) is 1. The quantitative estimate of drug-likeness (QED) is 0.634. The Labute approximate surface area is 183 Å². The summed E-state index contributed by atoms with van der Waals surface area (Å²) < 4.78 is 43.8. The lowest BCUT2D eigenvalue weighted by Crippen LogP contribution is -2.40. The van der Waals surface area contributed by atoms with Crippen LogP contribution in [0.1, 0.15) is 19.4 Å². The number of amides is 1. The second-order valence-electron chi connectivity index (χ2n) is 7.37. The number of ether oxygens (including phenoxy) is 3. The molecule has 1 fully saturated rings. The van der Waals surface area contributed by atoms with Crippen LogP contribution in [0.4, 0.5) is 5.69 Å². The third kappa shape index (κ3) is 6.51. The van der Waals surface area contributed by atoms with Crippen LogP contribution in [0.3, 0.4) is 0 Å². The predicted octanol–water partition coefficient (Wildman–Crippen LogP) is 2.65. The van der Waals surface area contributed by atoms with Crippen molar-refractivity contribution in [2.24, 2.45) is 0 Å². The molecule has 3 rings (SSSR count). The molecule has 0 spiro atoms. The summed E-state index contributed by atoms with van der Waals surface area (Å²) in [5, 5.41) is 2.72. The number of carbonyl (C=O) groups is 1. The van der Waals surface area contributed by atoms with Crippen LogP contribution in [-0.2, 0) is 30.9 Å². The fraction of sp³-hybridized carbons (Fsp3) is 0.409. The summed E-state index contributed by atoms with van der Waals surface area (Å²) in [4.78, 5) is 12.5. The highest BCUT2D eigenvalue weighted by atomic mass is 32.2. The summed E-state index contributed by atoms with van der Waals surface area (Å²) >= 11 is 0. The molecule has 1 heterocycles. The van der Waals surface area contributed by atoms with Gasteiger partial charge in [-0.3, -0.25) is 4.79 Å². The van der Waals surface area contributed by atoms with E-state index in [0.717, 1.165) is 5.56 Å². The van der Waals surface area contributed by atoms with Gasteiger partial charge in [-0.05, 0) is 37.6 Å². The first-order valence-corrected chi connectivity index (χ1v) is 11.6. The second kappa shape index (κ2) is 10.7. The summed E-state index contributed by atoms with van der Waals surface area (Å²) in [6, 6.07) is 14.0. The molecule has 168 valence electrons. The van der Waals surface area contributed by atoms with Crippen LogP contribution in [0, 0.1) is 0 Å². The molecule has 1 aliphatic heterocycles. The van der Waals surface area contributed by atoms with Crippen molar-refractivity contribution in [3.05, 3.63) is 54.1 Å². The first-order chi connectivity index (χ1) is 14.9. The Hall–Kier alpha value is -2.46. The van der Waals surface area contributed by atoms with Gasteiger partial charge in [-0.15, -0.1) is 0 Å². The second-order valence-corrected chi connectivity index (χ2v) is 9.31.